The number of amides is 1. The zero-order valence-electron chi connectivity index (χ0n) is 12.8. The van der Waals surface area contributed by atoms with Gasteiger partial charge in [-0.3, -0.25) is 4.79 Å². The second-order valence-corrected chi connectivity index (χ2v) is 6.21. The fourth-order valence-corrected chi connectivity index (χ4v) is 3.13. The van der Waals surface area contributed by atoms with Crippen LogP contribution in [0.25, 0.3) is 0 Å². The Kier molecular flexibility index (Phi) is 4.15. The van der Waals surface area contributed by atoms with Crippen molar-refractivity contribution in [1.82, 2.24) is 10.2 Å². The number of nitrogens with one attached hydrogen (secondary N) is 1. The van der Waals surface area contributed by atoms with E-state index < -0.39 is 0 Å². The molecule has 2 unspecified atom stereocenters. The van der Waals surface area contributed by atoms with Gasteiger partial charge in [0, 0.05) is 18.2 Å². The van der Waals surface area contributed by atoms with Gasteiger partial charge in [0.15, 0.2) is 0 Å². The predicted octanol–water partition coefficient (Wildman–Crippen LogP) is 2.18. The van der Waals surface area contributed by atoms with E-state index in [-0.39, 0.29) is 11.9 Å². The van der Waals surface area contributed by atoms with E-state index in [1.165, 1.54) is 0 Å². The minimum atomic E-state index is -0.0136. The first-order chi connectivity index (χ1) is 10.2. The molecule has 21 heavy (non-hydrogen) atoms. The van der Waals surface area contributed by atoms with Crippen molar-refractivity contribution in [3.63, 3.8) is 0 Å². The van der Waals surface area contributed by atoms with Crippen LogP contribution in [-0.2, 0) is 11.3 Å². The topological polar surface area (TPSA) is 41.6 Å². The van der Waals surface area contributed by atoms with Crippen LogP contribution in [-0.4, -0.2) is 36.5 Å². The molecule has 4 nitrogen and oxygen atoms in total. The van der Waals surface area contributed by atoms with E-state index >= 15 is 0 Å². The maximum absolute atomic E-state index is 12.9. The molecule has 0 aromatic heterocycles. The van der Waals surface area contributed by atoms with E-state index in [1.807, 2.05) is 24.3 Å². The molecule has 0 bridgehead atoms. The van der Waals surface area contributed by atoms with Crippen molar-refractivity contribution in [2.75, 3.05) is 13.7 Å². The monoisotopic (exact) mass is 288 g/mol. The molecule has 114 valence electrons. The summed E-state index contributed by atoms with van der Waals surface area (Å²) in [7, 11) is 1.68. The van der Waals surface area contributed by atoms with Gasteiger partial charge in [0.25, 0.3) is 0 Å². The maximum Gasteiger partial charge on any atom is 0.240 e. The number of carbonyl (C=O) groups excluding carboxylic acids is 1. The summed E-state index contributed by atoms with van der Waals surface area (Å²) in [4.78, 5) is 14.9. The first kappa shape index (κ1) is 14.4. The molecule has 1 saturated carbocycles. The molecule has 3 rings (SSSR count). The molecule has 1 saturated heterocycles. The Bertz CT molecular complexity index is 513. The van der Waals surface area contributed by atoms with Gasteiger partial charge in [0.05, 0.1) is 13.2 Å². The van der Waals surface area contributed by atoms with Crippen LogP contribution < -0.4 is 10.1 Å². The Morgan fingerprint density at radius 2 is 2.10 bits per heavy atom. The van der Waals surface area contributed by atoms with Gasteiger partial charge in [0.1, 0.15) is 5.75 Å². The summed E-state index contributed by atoms with van der Waals surface area (Å²) in [5, 5.41) is 3.36. The Hall–Kier alpha value is -1.55. The first-order valence-corrected chi connectivity index (χ1v) is 7.86. The summed E-state index contributed by atoms with van der Waals surface area (Å²) >= 11 is 0. The van der Waals surface area contributed by atoms with Crippen molar-refractivity contribution in [2.24, 2.45) is 5.92 Å². The highest BCUT2D eigenvalue weighted by Gasteiger charge is 2.39. The molecule has 1 amide bonds. The van der Waals surface area contributed by atoms with Gasteiger partial charge in [-0.15, -0.1) is 0 Å². The van der Waals surface area contributed by atoms with Crippen LogP contribution in [0.5, 0.6) is 5.75 Å². The van der Waals surface area contributed by atoms with E-state index in [0.717, 1.165) is 37.1 Å². The zero-order valence-corrected chi connectivity index (χ0v) is 12.8. The van der Waals surface area contributed by atoms with E-state index in [4.69, 9.17) is 4.74 Å². The molecule has 1 N–H and O–H groups in total. The highest BCUT2D eigenvalue weighted by molar-refractivity contribution is 5.83. The number of ether oxygens (including phenoxy) is 1. The average Bonchev–Trinajstić information content (AvgIpc) is 3.25. The summed E-state index contributed by atoms with van der Waals surface area (Å²) in [6.07, 6.45) is 3.34. The Labute approximate surface area is 126 Å². The summed E-state index contributed by atoms with van der Waals surface area (Å²) in [5.74, 6) is 1.55. The standard InChI is InChI=1S/C17H24N2O2/c1-12-9-10-18-16(12)17(20)19(14-7-8-14)11-13-5-3-4-6-15(13)21-2/h3-6,12,14,16,18H,7-11H2,1-2H3. The molecule has 2 atom stereocenters. The average molecular weight is 288 g/mol. The van der Waals surface area contributed by atoms with Crippen LogP contribution in [0.2, 0.25) is 0 Å². The van der Waals surface area contributed by atoms with Crippen LogP contribution in [0.15, 0.2) is 24.3 Å². The number of nitrogens with zero attached hydrogens (tertiary/aromatic N) is 1. The SMILES string of the molecule is COc1ccccc1CN(C(=O)C1NCCC1C)C1CC1. The number of para-hydroxylation sites is 1. The second kappa shape index (κ2) is 6.06. The summed E-state index contributed by atoms with van der Waals surface area (Å²) in [6, 6.07) is 8.38. The second-order valence-electron chi connectivity index (χ2n) is 6.21. The number of carbonyl (C=O) groups is 1. The third kappa shape index (κ3) is 3.05. The summed E-state index contributed by atoms with van der Waals surface area (Å²) in [6.45, 7) is 3.76. The highest BCUT2D eigenvalue weighted by atomic mass is 16.5. The Morgan fingerprint density at radius 3 is 2.71 bits per heavy atom. The lowest BCUT2D eigenvalue weighted by Crippen LogP contribution is -2.46. The molecule has 2 fully saturated rings. The summed E-state index contributed by atoms with van der Waals surface area (Å²) < 4.78 is 5.42. The normalized spacial score (nSPS) is 24.9. The number of rotatable bonds is 5. The lowest BCUT2D eigenvalue weighted by molar-refractivity contribution is -0.135. The van der Waals surface area contributed by atoms with Crippen molar-refractivity contribution in [3.8, 4) is 5.75 Å². The van der Waals surface area contributed by atoms with E-state index in [1.54, 1.807) is 7.11 Å². The lowest BCUT2D eigenvalue weighted by Gasteiger charge is -2.28. The van der Waals surface area contributed by atoms with Gasteiger partial charge in [-0.1, -0.05) is 25.1 Å². The number of hydrogen-bond acceptors (Lipinski definition) is 3. The molecular formula is C17H24N2O2. The van der Waals surface area contributed by atoms with E-state index in [9.17, 15) is 4.79 Å². The number of benzene rings is 1. The van der Waals surface area contributed by atoms with Crippen LogP contribution in [0.1, 0.15) is 31.7 Å². The fourth-order valence-electron chi connectivity index (χ4n) is 3.13. The Balaban J connectivity index is 1.77. The van der Waals surface area contributed by atoms with Crippen LogP contribution in [0.4, 0.5) is 0 Å². The molecule has 1 aromatic rings. The fraction of sp³-hybridized carbons (Fsp3) is 0.588. The van der Waals surface area contributed by atoms with Gasteiger partial charge in [0.2, 0.25) is 5.91 Å². The molecule has 1 heterocycles. The third-order valence-corrected chi connectivity index (χ3v) is 4.60. The molecule has 2 aliphatic rings. The van der Waals surface area contributed by atoms with Crippen molar-refractivity contribution >= 4 is 5.91 Å². The zero-order chi connectivity index (χ0) is 14.8. The molecule has 0 radical (unpaired) electrons. The van der Waals surface area contributed by atoms with Crippen LogP contribution >= 0.6 is 0 Å². The molecule has 4 heteroatoms. The smallest absolute Gasteiger partial charge is 0.240 e. The van der Waals surface area contributed by atoms with Crippen LogP contribution in [0, 0.1) is 5.92 Å². The molecule has 0 spiro atoms. The van der Waals surface area contributed by atoms with E-state index in [0.29, 0.717) is 18.5 Å². The maximum atomic E-state index is 12.9. The van der Waals surface area contributed by atoms with Crippen molar-refractivity contribution < 1.29 is 9.53 Å². The van der Waals surface area contributed by atoms with Crippen molar-refractivity contribution in [3.05, 3.63) is 29.8 Å². The predicted molar refractivity (Wildman–Crippen MR) is 82.1 cm³/mol. The van der Waals surface area contributed by atoms with Crippen molar-refractivity contribution in [1.29, 1.82) is 0 Å². The minimum absolute atomic E-state index is 0.0136. The molecule has 1 aliphatic carbocycles. The number of methoxy groups -OCH3 is 1. The van der Waals surface area contributed by atoms with Crippen LogP contribution in [0.3, 0.4) is 0 Å². The largest absolute Gasteiger partial charge is 0.496 e. The Morgan fingerprint density at radius 1 is 1.33 bits per heavy atom. The number of hydrogen-bond donors (Lipinski definition) is 1. The van der Waals surface area contributed by atoms with Gasteiger partial charge < -0.3 is 15.0 Å². The van der Waals surface area contributed by atoms with Gasteiger partial charge in [-0.25, -0.2) is 0 Å². The lowest BCUT2D eigenvalue weighted by atomic mass is 10.0. The minimum Gasteiger partial charge on any atom is -0.496 e. The van der Waals surface area contributed by atoms with Gasteiger partial charge >= 0.3 is 0 Å². The summed E-state index contributed by atoms with van der Waals surface area (Å²) in [5.41, 5.74) is 1.09. The molecular weight excluding hydrogens is 264 g/mol. The quantitative estimate of drug-likeness (QED) is 0.903. The highest BCUT2D eigenvalue weighted by Crippen LogP contribution is 2.32. The van der Waals surface area contributed by atoms with Gasteiger partial charge in [-0.2, -0.15) is 0 Å². The van der Waals surface area contributed by atoms with Gasteiger partial charge in [-0.05, 0) is 37.8 Å². The van der Waals surface area contributed by atoms with E-state index in [2.05, 4.69) is 17.1 Å². The first-order valence-electron chi connectivity index (χ1n) is 7.86. The molecule has 1 aromatic carbocycles. The van der Waals surface area contributed by atoms with Crippen molar-refractivity contribution in [2.45, 2.75) is 44.8 Å². The molecule has 1 aliphatic heterocycles. The third-order valence-electron chi connectivity index (χ3n) is 4.60.